The third-order valence-corrected chi connectivity index (χ3v) is 4.91. The Bertz CT molecular complexity index is 517. The third-order valence-electron chi connectivity index (χ3n) is 4.91. The van der Waals surface area contributed by atoms with E-state index in [1.807, 2.05) is 0 Å². The molecule has 4 rings (SSSR count). The Labute approximate surface area is 119 Å². The second kappa shape index (κ2) is 4.88. The lowest BCUT2D eigenvalue weighted by atomic mass is 10.0. The van der Waals surface area contributed by atoms with Crippen LogP contribution in [0, 0.1) is 5.92 Å². The maximum atomic E-state index is 12.9. The Kier molecular flexibility index (Phi) is 3.03. The lowest BCUT2D eigenvalue weighted by Crippen LogP contribution is -2.40. The van der Waals surface area contributed by atoms with Crippen LogP contribution in [0.2, 0.25) is 0 Å². The molecule has 106 valence electrons. The number of carbonyl (C=O) groups is 1. The van der Waals surface area contributed by atoms with Crippen molar-refractivity contribution in [3.05, 3.63) is 35.4 Å². The first-order valence-corrected chi connectivity index (χ1v) is 7.82. The first-order chi connectivity index (χ1) is 9.84. The van der Waals surface area contributed by atoms with Gasteiger partial charge < -0.3 is 9.64 Å². The third kappa shape index (κ3) is 2.05. The lowest BCUT2D eigenvalue weighted by Gasteiger charge is -2.32. The molecular formula is C17H21NO2. The Hall–Kier alpha value is -1.35. The van der Waals surface area contributed by atoms with Crippen molar-refractivity contribution < 1.29 is 9.53 Å². The minimum Gasteiger partial charge on any atom is -0.381 e. The zero-order valence-corrected chi connectivity index (χ0v) is 11.8. The fraction of sp³-hybridized carbons (Fsp3) is 0.588. The van der Waals surface area contributed by atoms with Crippen molar-refractivity contribution in [1.29, 1.82) is 0 Å². The summed E-state index contributed by atoms with van der Waals surface area (Å²) in [5.41, 5.74) is 2.81. The monoisotopic (exact) mass is 271 g/mol. The van der Waals surface area contributed by atoms with E-state index in [1.165, 1.54) is 24.0 Å². The minimum absolute atomic E-state index is 0.100. The molecule has 2 fully saturated rings. The van der Waals surface area contributed by atoms with Crippen molar-refractivity contribution >= 4 is 5.91 Å². The SMILES string of the molecule is O=C(C1CCOC1)N(C1CC1)C1CCc2ccccc21. The van der Waals surface area contributed by atoms with E-state index in [-0.39, 0.29) is 5.92 Å². The molecule has 1 saturated heterocycles. The van der Waals surface area contributed by atoms with Crippen LogP contribution >= 0.6 is 0 Å². The summed E-state index contributed by atoms with van der Waals surface area (Å²) in [6.07, 6.45) is 5.46. The van der Waals surface area contributed by atoms with Crippen LogP contribution in [0.25, 0.3) is 0 Å². The standard InChI is InChI=1S/C17H21NO2/c19-17(13-9-10-20-11-13)18(14-6-7-14)16-8-5-12-3-1-2-4-15(12)16/h1-4,13-14,16H,5-11H2. The van der Waals surface area contributed by atoms with Gasteiger partial charge in [0.1, 0.15) is 0 Å². The molecule has 1 aliphatic heterocycles. The van der Waals surface area contributed by atoms with Crippen LogP contribution in [-0.2, 0) is 16.0 Å². The van der Waals surface area contributed by atoms with Crippen molar-refractivity contribution in [2.24, 2.45) is 5.92 Å². The maximum Gasteiger partial charge on any atom is 0.228 e. The van der Waals surface area contributed by atoms with Crippen LogP contribution in [0.15, 0.2) is 24.3 Å². The van der Waals surface area contributed by atoms with Gasteiger partial charge in [0.05, 0.1) is 18.6 Å². The van der Waals surface area contributed by atoms with Crippen molar-refractivity contribution in [3.8, 4) is 0 Å². The Morgan fingerprint density at radius 3 is 2.75 bits per heavy atom. The highest BCUT2D eigenvalue weighted by molar-refractivity contribution is 5.80. The molecule has 2 aliphatic carbocycles. The topological polar surface area (TPSA) is 29.5 Å². The quantitative estimate of drug-likeness (QED) is 0.846. The van der Waals surface area contributed by atoms with Gasteiger partial charge in [-0.1, -0.05) is 24.3 Å². The van der Waals surface area contributed by atoms with E-state index in [0.29, 0.717) is 24.6 Å². The van der Waals surface area contributed by atoms with Gasteiger partial charge in [-0.25, -0.2) is 0 Å². The van der Waals surface area contributed by atoms with E-state index in [2.05, 4.69) is 29.2 Å². The van der Waals surface area contributed by atoms with Gasteiger partial charge in [-0.2, -0.15) is 0 Å². The zero-order chi connectivity index (χ0) is 13.5. The first kappa shape index (κ1) is 12.4. The van der Waals surface area contributed by atoms with E-state index < -0.39 is 0 Å². The molecule has 1 aromatic rings. The van der Waals surface area contributed by atoms with E-state index in [4.69, 9.17) is 4.74 Å². The number of hydrogen-bond donors (Lipinski definition) is 0. The van der Waals surface area contributed by atoms with Gasteiger partial charge in [0.2, 0.25) is 5.91 Å². The van der Waals surface area contributed by atoms with Crippen LogP contribution in [0.5, 0.6) is 0 Å². The lowest BCUT2D eigenvalue weighted by molar-refractivity contribution is -0.138. The number of aryl methyl sites for hydroxylation is 1. The highest BCUT2D eigenvalue weighted by Gasteiger charge is 2.42. The van der Waals surface area contributed by atoms with Crippen LogP contribution < -0.4 is 0 Å². The van der Waals surface area contributed by atoms with Crippen LogP contribution in [-0.4, -0.2) is 30.1 Å². The van der Waals surface area contributed by atoms with Crippen molar-refractivity contribution in [1.82, 2.24) is 4.90 Å². The van der Waals surface area contributed by atoms with E-state index >= 15 is 0 Å². The van der Waals surface area contributed by atoms with E-state index in [9.17, 15) is 4.79 Å². The Balaban J connectivity index is 1.62. The van der Waals surface area contributed by atoms with Crippen molar-refractivity contribution in [2.45, 2.75) is 44.2 Å². The molecule has 3 aliphatic rings. The zero-order valence-electron chi connectivity index (χ0n) is 11.8. The summed E-state index contributed by atoms with van der Waals surface area (Å²) >= 11 is 0. The molecule has 0 radical (unpaired) electrons. The number of ether oxygens (including phenoxy) is 1. The van der Waals surface area contributed by atoms with E-state index in [1.54, 1.807) is 0 Å². The number of hydrogen-bond acceptors (Lipinski definition) is 2. The predicted molar refractivity (Wildman–Crippen MR) is 76.3 cm³/mol. The van der Waals surface area contributed by atoms with Crippen molar-refractivity contribution in [2.75, 3.05) is 13.2 Å². The summed E-state index contributed by atoms with van der Waals surface area (Å²) in [4.78, 5) is 15.1. The molecule has 1 saturated carbocycles. The Morgan fingerprint density at radius 2 is 2.00 bits per heavy atom. The fourth-order valence-corrected chi connectivity index (χ4v) is 3.70. The minimum atomic E-state index is 0.100. The molecule has 1 aromatic carbocycles. The average Bonchev–Trinajstić information content (AvgIpc) is 3.01. The normalized spacial score (nSPS) is 28.4. The van der Waals surface area contributed by atoms with Gasteiger partial charge in [0.25, 0.3) is 0 Å². The fourth-order valence-electron chi connectivity index (χ4n) is 3.70. The van der Waals surface area contributed by atoms with Crippen molar-refractivity contribution in [3.63, 3.8) is 0 Å². The maximum absolute atomic E-state index is 12.9. The van der Waals surface area contributed by atoms with Gasteiger partial charge in [0.15, 0.2) is 0 Å². The predicted octanol–water partition coefficient (Wildman–Crippen LogP) is 2.70. The highest BCUT2D eigenvalue weighted by Crippen LogP contribution is 2.42. The summed E-state index contributed by atoms with van der Waals surface area (Å²) < 4.78 is 5.41. The van der Waals surface area contributed by atoms with E-state index in [0.717, 1.165) is 25.9 Å². The molecule has 0 spiro atoms. The largest absolute Gasteiger partial charge is 0.381 e. The van der Waals surface area contributed by atoms with Crippen LogP contribution in [0.1, 0.15) is 42.9 Å². The van der Waals surface area contributed by atoms with Gasteiger partial charge in [-0.15, -0.1) is 0 Å². The summed E-state index contributed by atoms with van der Waals surface area (Å²) in [6, 6.07) is 9.43. The highest BCUT2D eigenvalue weighted by atomic mass is 16.5. The molecule has 1 heterocycles. The number of carbonyl (C=O) groups excluding carboxylic acids is 1. The van der Waals surface area contributed by atoms with Gasteiger partial charge in [-0.05, 0) is 43.2 Å². The summed E-state index contributed by atoms with van der Waals surface area (Å²) in [5, 5.41) is 0. The smallest absolute Gasteiger partial charge is 0.228 e. The molecule has 0 bridgehead atoms. The molecular weight excluding hydrogens is 250 g/mol. The summed E-state index contributed by atoms with van der Waals surface area (Å²) in [7, 11) is 0. The van der Waals surface area contributed by atoms with Crippen LogP contribution in [0.4, 0.5) is 0 Å². The van der Waals surface area contributed by atoms with Gasteiger partial charge >= 0.3 is 0 Å². The number of nitrogens with zero attached hydrogens (tertiary/aromatic N) is 1. The molecule has 1 amide bonds. The van der Waals surface area contributed by atoms with Gasteiger partial charge in [0, 0.05) is 12.6 Å². The molecule has 20 heavy (non-hydrogen) atoms. The van der Waals surface area contributed by atoms with Crippen LogP contribution in [0.3, 0.4) is 0 Å². The molecule has 3 nitrogen and oxygen atoms in total. The first-order valence-electron chi connectivity index (χ1n) is 7.82. The Morgan fingerprint density at radius 1 is 1.15 bits per heavy atom. The number of fused-ring (bicyclic) bond motifs is 1. The average molecular weight is 271 g/mol. The number of benzene rings is 1. The second-order valence-corrected chi connectivity index (χ2v) is 6.29. The molecule has 2 atom stereocenters. The molecule has 3 heteroatoms. The summed E-state index contributed by atoms with van der Waals surface area (Å²) in [5.74, 6) is 0.440. The summed E-state index contributed by atoms with van der Waals surface area (Å²) in [6.45, 7) is 1.37. The second-order valence-electron chi connectivity index (χ2n) is 6.29. The molecule has 0 N–H and O–H groups in total. The molecule has 0 aromatic heterocycles. The number of amides is 1. The molecule has 2 unspecified atom stereocenters. The number of rotatable bonds is 3. The van der Waals surface area contributed by atoms with Gasteiger partial charge in [-0.3, -0.25) is 4.79 Å².